The lowest BCUT2D eigenvalue weighted by molar-refractivity contribution is -0.149. The number of benzene rings is 1. The number of carbonyl (C=O) groups excluding carboxylic acids is 3. The SMILES string of the molecule is CNC(=O)OC1CC[C@H](C(=O)N2CCN(c3ccccc3)CC2)C(C(=O)NO)C1. The highest BCUT2D eigenvalue weighted by molar-refractivity contribution is 5.87. The minimum atomic E-state index is -0.733. The lowest BCUT2D eigenvalue weighted by Crippen LogP contribution is -2.53. The second kappa shape index (κ2) is 9.60. The molecular weight excluding hydrogens is 376 g/mol. The van der Waals surface area contributed by atoms with E-state index in [4.69, 9.17) is 9.94 Å². The molecule has 3 rings (SSSR count). The standard InChI is InChI=1S/C20H28N4O5/c1-21-20(27)29-15-7-8-16(17(13-15)18(25)22-28)19(26)24-11-9-23(10-12-24)14-5-3-2-4-6-14/h2-6,15-17,28H,7-13H2,1H3,(H,21,27)(H,22,25)/t15?,16-,17?/m0/s1. The number of hydrogen-bond donors (Lipinski definition) is 3. The second-order valence-corrected chi connectivity index (χ2v) is 7.43. The van der Waals surface area contributed by atoms with Crippen LogP contribution in [0.1, 0.15) is 19.3 Å². The fourth-order valence-electron chi connectivity index (χ4n) is 4.18. The Morgan fingerprint density at radius 2 is 1.72 bits per heavy atom. The summed E-state index contributed by atoms with van der Waals surface area (Å²) in [5.74, 6) is -1.96. The Labute approximate surface area is 169 Å². The van der Waals surface area contributed by atoms with E-state index in [1.807, 2.05) is 30.3 Å². The molecule has 0 aromatic heterocycles. The largest absolute Gasteiger partial charge is 0.446 e. The highest BCUT2D eigenvalue weighted by Crippen LogP contribution is 2.34. The zero-order chi connectivity index (χ0) is 20.8. The molecule has 1 saturated heterocycles. The van der Waals surface area contributed by atoms with Crippen LogP contribution in [0.25, 0.3) is 0 Å². The number of alkyl carbamates (subject to hydrolysis) is 1. The van der Waals surface area contributed by atoms with E-state index < -0.39 is 29.9 Å². The minimum absolute atomic E-state index is 0.0790. The maximum atomic E-state index is 13.1. The van der Waals surface area contributed by atoms with Crippen molar-refractivity contribution in [2.24, 2.45) is 11.8 Å². The fraction of sp³-hybridized carbons (Fsp3) is 0.550. The number of hydroxylamine groups is 1. The third kappa shape index (κ3) is 4.97. The van der Waals surface area contributed by atoms with Crippen molar-refractivity contribution in [3.63, 3.8) is 0 Å². The second-order valence-electron chi connectivity index (χ2n) is 7.43. The highest BCUT2D eigenvalue weighted by atomic mass is 16.6. The molecule has 0 spiro atoms. The van der Waals surface area contributed by atoms with E-state index >= 15 is 0 Å². The Bertz CT molecular complexity index is 721. The first kappa shape index (κ1) is 20.9. The molecule has 0 bridgehead atoms. The van der Waals surface area contributed by atoms with Crippen LogP contribution >= 0.6 is 0 Å². The molecule has 158 valence electrons. The molecule has 9 heteroatoms. The van der Waals surface area contributed by atoms with Crippen molar-refractivity contribution in [2.75, 3.05) is 38.1 Å². The van der Waals surface area contributed by atoms with Crippen LogP contribution in [0, 0.1) is 11.8 Å². The van der Waals surface area contributed by atoms with Gasteiger partial charge in [-0.3, -0.25) is 14.8 Å². The van der Waals surface area contributed by atoms with Crippen LogP contribution in [0.15, 0.2) is 30.3 Å². The number of amides is 3. The number of carbonyl (C=O) groups is 3. The van der Waals surface area contributed by atoms with E-state index in [-0.39, 0.29) is 12.3 Å². The number of hydrogen-bond acceptors (Lipinski definition) is 6. The summed E-state index contributed by atoms with van der Waals surface area (Å²) in [4.78, 5) is 40.8. The van der Waals surface area contributed by atoms with Gasteiger partial charge in [0.25, 0.3) is 0 Å². The zero-order valence-electron chi connectivity index (χ0n) is 16.5. The molecule has 1 aliphatic carbocycles. The average Bonchev–Trinajstić information content (AvgIpc) is 2.78. The molecular formula is C20H28N4O5. The zero-order valence-corrected chi connectivity index (χ0v) is 16.5. The van der Waals surface area contributed by atoms with Gasteiger partial charge in [-0.1, -0.05) is 18.2 Å². The van der Waals surface area contributed by atoms with Gasteiger partial charge in [0.1, 0.15) is 6.10 Å². The van der Waals surface area contributed by atoms with Gasteiger partial charge < -0.3 is 19.9 Å². The molecule has 1 aromatic rings. The Kier molecular flexibility index (Phi) is 6.92. The van der Waals surface area contributed by atoms with Crippen molar-refractivity contribution in [1.82, 2.24) is 15.7 Å². The van der Waals surface area contributed by atoms with Gasteiger partial charge in [-0.2, -0.15) is 0 Å². The summed E-state index contributed by atoms with van der Waals surface area (Å²) >= 11 is 0. The van der Waals surface area contributed by atoms with Gasteiger partial charge in [0.15, 0.2) is 0 Å². The first-order valence-corrected chi connectivity index (χ1v) is 9.94. The Morgan fingerprint density at radius 3 is 2.34 bits per heavy atom. The Morgan fingerprint density at radius 1 is 1.03 bits per heavy atom. The van der Waals surface area contributed by atoms with Gasteiger partial charge in [0.05, 0.1) is 11.8 Å². The molecule has 1 heterocycles. The molecule has 2 unspecified atom stereocenters. The van der Waals surface area contributed by atoms with E-state index in [0.29, 0.717) is 25.9 Å². The van der Waals surface area contributed by atoms with Crippen LogP contribution in [-0.2, 0) is 14.3 Å². The number of anilines is 1. The van der Waals surface area contributed by atoms with Crippen LogP contribution in [0.2, 0.25) is 0 Å². The molecule has 0 radical (unpaired) electrons. The van der Waals surface area contributed by atoms with Crippen molar-refractivity contribution >= 4 is 23.6 Å². The number of nitrogens with zero attached hydrogens (tertiary/aromatic N) is 2. The fourth-order valence-corrected chi connectivity index (χ4v) is 4.18. The van der Waals surface area contributed by atoms with Crippen LogP contribution in [-0.4, -0.2) is 67.3 Å². The molecule has 29 heavy (non-hydrogen) atoms. The molecule has 3 atom stereocenters. The van der Waals surface area contributed by atoms with Crippen molar-refractivity contribution in [3.05, 3.63) is 30.3 Å². The lowest BCUT2D eigenvalue weighted by atomic mass is 9.76. The van der Waals surface area contributed by atoms with E-state index in [2.05, 4.69) is 10.2 Å². The first-order chi connectivity index (χ1) is 14.0. The summed E-state index contributed by atoms with van der Waals surface area (Å²) in [5, 5.41) is 11.5. The van der Waals surface area contributed by atoms with Gasteiger partial charge in [-0.15, -0.1) is 0 Å². The van der Waals surface area contributed by atoms with Gasteiger partial charge in [0.2, 0.25) is 11.8 Å². The summed E-state index contributed by atoms with van der Waals surface area (Å²) in [7, 11) is 1.46. The molecule has 2 aliphatic rings. The highest BCUT2D eigenvalue weighted by Gasteiger charge is 2.42. The van der Waals surface area contributed by atoms with Crippen LogP contribution in [0.3, 0.4) is 0 Å². The molecule has 2 fully saturated rings. The van der Waals surface area contributed by atoms with Crippen molar-refractivity contribution in [3.8, 4) is 0 Å². The van der Waals surface area contributed by atoms with Gasteiger partial charge in [0, 0.05) is 38.9 Å². The third-order valence-corrected chi connectivity index (χ3v) is 5.76. The van der Waals surface area contributed by atoms with Crippen LogP contribution in [0.5, 0.6) is 0 Å². The van der Waals surface area contributed by atoms with Crippen molar-refractivity contribution in [1.29, 1.82) is 0 Å². The summed E-state index contributed by atoms with van der Waals surface area (Å²) in [6.45, 7) is 2.61. The van der Waals surface area contributed by atoms with E-state index in [9.17, 15) is 14.4 Å². The topological polar surface area (TPSA) is 111 Å². The quantitative estimate of drug-likeness (QED) is 0.510. The maximum Gasteiger partial charge on any atom is 0.407 e. The summed E-state index contributed by atoms with van der Waals surface area (Å²) < 4.78 is 5.26. The molecule has 1 aromatic carbocycles. The van der Waals surface area contributed by atoms with E-state index in [1.54, 1.807) is 10.4 Å². The smallest absolute Gasteiger partial charge is 0.407 e. The third-order valence-electron chi connectivity index (χ3n) is 5.76. The average molecular weight is 404 g/mol. The number of ether oxygens (including phenoxy) is 1. The van der Waals surface area contributed by atoms with Crippen molar-refractivity contribution < 1.29 is 24.3 Å². The van der Waals surface area contributed by atoms with Gasteiger partial charge in [-0.05, 0) is 31.4 Å². The Hall–Kier alpha value is -2.81. The van der Waals surface area contributed by atoms with Gasteiger partial charge in [-0.25, -0.2) is 10.3 Å². The van der Waals surface area contributed by atoms with Crippen LogP contribution in [0.4, 0.5) is 10.5 Å². The number of rotatable bonds is 4. The molecule has 3 N–H and O–H groups in total. The lowest BCUT2D eigenvalue weighted by Gasteiger charge is -2.40. The minimum Gasteiger partial charge on any atom is -0.446 e. The van der Waals surface area contributed by atoms with Crippen LogP contribution < -0.4 is 15.7 Å². The molecule has 1 aliphatic heterocycles. The van der Waals surface area contributed by atoms with Crippen molar-refractivity contribution in [2.45, 2.75) is 25.4 Å². The summed E-state index contributed by atoms with van der Waals surface area (Å²) in [6, 6.07) is 10.0. The monoisotopic (exact) mass is 404 g/mol. The number of nitrogens with one attached hydrogen (secondary N) is 2. The molecule has 9 nitrogen and oxygen atoms in total. The molecule has 3 amide bonds. The van der Waals surface area contributed by atoms with E-state index in [0.717, 1.165) is 18.8 Å². The molecule has 1 saturated carbocycles. The number of piperazine rings is 1. The maximum absolute atomic E-state index is 13.1. The normalized spacial score (nSPS) is 24.6. The van der Waals surface area contributed by atoms with E-state index in [1.165, 1.54) is 7.05 Å². The van der Waals surface area contributed by atoms with Gasteiger partial charge >= 0.3 is 6.09 Å². The predicted molar refractivity (Wildman–Crippen MR) is 105 cm³/mol. The summed E-state index contributed by atoms with van der Waals surface area (Å²) in [5.41, 5.74) is 2.79. The predicted octanol–water partition coefficient (Wildman–Crippen LogP) is 0.982. The number of para-hydroxylation sites is 1. The Balaban J connectivity index is 1.61. The first-order valence-electron chi connectivity index (χ1n) is 9.94. The summed E-state index contributed by atoms with van der Waals surface area (Å²) in [6.07, 6.45) is 0.108.